The highest BCUT2D eigenvalue weighted by Gasteiger charge is 2.24. The molecule has 0 aromatic rings. The van der Waals surface area contributed by atoms with Gasteiger partial charge in [0.05, 0.1) is 39.9 Å². The third-order valence-corrected chi connectivity index (χ3v) is 8.97. The van der Waals surface area contributed by atoms with Crippen LogP contribution in [-0.2, 0) is 18.4 Å². The first-order chi connectivity index (χ1) is 21.0. The van der Waals surface area contributed by atoms with E-state index in [0.717, 1.165) is 44.9 Å². The molecule has 0 aromatic heterocycles. The van der Waals surface area contributed by atoms with Crippen molar-refractivity contribution in [2.24, 2.45) is 0 Å². The van der Waals surface area contributed by atoms with Crippen LogP contribution in [0.4, 0.5) is 0 Å². The number of hydrogen-bond acceptors (Lipinski definition) is 6. The van der Waals surface area contributed by atoms with Crippen molar-refractivity contribution in [2.45, 2.75) is 167 Å². The molecule has 0 aromatic carbocycles. The van der Waals surface area contributed by atoms with Gasteiger partial charge in [-0.15, -0.1) is 0 Å². The van der Waals surface area contributed by atoms with Crippen molar-refractivity contribution < 1.29 is 32.9 Å². The van der Waals surface area contributed by atoms with Crippen LogP contribution in [-0.4, -0.2) is 68.5 Å². The van der Waals surface area contributed by atoms with Crippen molar-refractivity contribution in [3.05, 3.63) is 12.2 Å². The van der Waals surface area contributed by atoms with E-state index in [1.165, 1.54) is 83.5 Å². The summed E-state index contributed by atoms with van der Waals surface area (Å²) in [5.41, 5.74) is 0. The smallest absolute Gasteiger partial charge is 0.268 e. The Morgan fingerprint density at radius 2 is 1.25 bits per heavy atom. The fourth-order valence-corrected chi connectivity index (χ4v) is 5.75. The normalized spacial score (nSPS) is 15.0. The maximum Gasteiger partial charge on any atom is 0.268 e. The molecule has 0 aliphatic rings. The second-order valence-electron chi connectivity index (χ2n) is 13.6. The van der Waals surface area contributed by atoms with Gasteiger partial charge in [0.25, 0.3) is 7.82 Å². The molecule has 0 saturated heterocycles. The second-order valence-corrected chi connectivity index (χ2v) is 15.0. The molecular formula is C35H71N2O6P. The molecule has 9 heteroatoms. The first kappa shape index (κ1) is 43.2. The third-order valence-electron chi connectivity index (χ3n) is 8.00. The van der Waals surface area contributed by atoms with Crippen molar-refractivity contribution in [3.63, 3.8) is 0 Å². The molecule has 2 N–H and O–H groups in total. The molecule has 0 radical (unpaired) electrons. The van der Waals surface area contributed by atoms with Gasteiger partial charge in [-0.3, -0.25) is 9.36 Å². The lowest BCUT2D eigenvalue weighted by Gasteiger charge is -2.30. The molecule has 262 valence electrons. The number of likely N-dealkylation sites (N-methyl/N-ethyl adjacent to an activating group) is 1. The molecule has 0 spiro atoms. The fourth-order valence-electron chi connectivity index (χ4n) is 5.03. The summed E-state index contributed by atoms with van der Waals surface area (Å²) in [6, 6.07) is -0.807. The highest BCUT2D eigenvalue weighted by Crippen LogP contribution is 2.38. The number of amides is 1. The third kappa shape index (κ3) is 29.9. The van der Waals surface area contributed by atoms with Gasteiger partial charge in [0.2, 0.25) is 5.91 Å². The fraction of sp³-hybridized carbons (Fsp3) is 0.914. The van der Waals surface area contributed by atoms with E-state index in [9.17, 15) is 19.4 Å². The Morgan fingerprint density at radius 1 is 0.773 bits per heavy atom. The lowest BCUT2D eigenvalue weighted by molar-refractivity contribution is -0.870. The Bertz CT molecular complexity index is 743. The number of unbranched alkanes of at least 4 members (excludes halogenated alkanes) is 17. The Morgan fingerprint density at radius 3 is 1.77 bits per heavy atom. The maximum atomic E-state index is 12.7. The van der Waals surface area contributed by atoms with Gasteiger partial charge in [-0.05, 0) is 38.5 Å². The maximum absolute atomic E-state index is 12.7. The van der Waals surface area contributed by atoms with Crippen molar-refractivity contribution in [3.8, 4) is 0 Å². The van der Waals surface area contributed by atoms with Crippen molar-refractivity contribution >= 4 is 13.7 Å². The average Bonchev–Trinajstić information content (AvgIpc) is 2.95. The van der Waals surface area contributed by atoms with E-state index < -0.39 is 20.0 Å². The number of aliphatic hydroxyl groups excluding tert-OH is 1. The summed E-state index contributed by atoms with van der Waals surface area (Å²) in [6.45, 7) is 4.64. The van der Waals surface area contributed by atoms with Crippen LogP contribution >= 0.6 is 7.82 Å². The molecule has 0 fully saturated rings. The summed E-state index contributed by atoms with van der Waals surface area (Å²) < 4.78 is 23.1. The SMILES string of the molecule is CCCCCC/C=C/CCCC[C@@H](O)[C@H](COP(=O)([O-])OCC[N+](C)(C)C)NC(=O)CCCCCCCCCCCCCC. The van der Waals surface area contributed by atoms with E-state index in [2.05, 4.69) is 31.3 Å². The van der Waals surface area contributed by atoms with E-state index in [1.807, 2.05) is 21.1 Å². The molecule has 0 aliphatic heterocycles. The van der Waals surface area contributed by atoms with Gasteiger partial charge in [-0.25, -0.2) is 0 Å². The minimum absolute atomic E-state index is 0.00887. The molecule has 0 saturated carbocycles. The van der Waals surface area contributed by atoms with E-state index in [-0.39, 0.29) is 19.1 Å². The molecule has 44 heavy (non-hydrogen) atoms. The second kappa shape index (κ2) is 28.5. The Labute approximate surface area is 272 Å². The van der Waals surface area contributed by atoms with Gasteiger partial charge in [0, 0.05) is 6.42 Å². The van der Waals surface area contributed by atoms with E-state index in [4.69, 9.17) is 9.05 Å². The lowest BCUT2D eigenvalue weighted by atomic mass is 10.0. The molecule has 0 heterocycles. The number of allylic oxidation sites excluding steroid dienone is 2. The average molecular weight is 647 g/mol. The minimum Gasteiger partial charge on any atom is -0.756 e. The van der Waals surface area contributed by atoms with Crippen LogP contribution in [0.15, 0.2) is 12.2 Å². The zero-order valence-electron chi connectivity index (χ0n) is 29.4. The van der Waals surface area contributed by atoms with Crippen LogP contribution in [0.2, 0.25) is 0 Å². The summed E-state index contributed by atoms with van der Waals surface area (Å²) in [7, 11) is 1.29. The first-order valence-corrected chi connectivity index (χ1v) is 19.5. The van der Waals surface area contributed by atoms with Crippen LogP contribution in [0.1, 0.15) is 155 Å². The molecule has 1 amide bonds. The number of phosphoric acid groups is 1. The molecule has 3 atom stereocenters. The highest BCUT2D eigenvalue weighted by atomic mass is 31.2. The van der Waals surface area contributed by atoms with Gasteiger partial charge in [-0.1, -0.05) is 122 Å². The van der Waals surface area contributed by atoms with E-state index in [1.54, 1.807) is 0 Å². The number of nitrogens with zero attached hydrogens (tertiary/aromatic N) is 1. The molecular weight excluding hydrogens is 575 g/mol. The van der Waals surface area contributed by atoms with Crippen LogP contribution in [0.25, 0.3) is 0 Å². The van der Waals surface area contributed by atoms with Gasteiger partial charge in [-0.2, -0.15) is 0 Å². The molecule has 8 nitrogen and oxygen atoms in total. The number of nitrogens with one attached hydrogen (secondary N) is 1. The number of rotatable bonds is 32. The summed E-state index contributed by atoms with van der Waals surface area (Å²) in [4.78, 5) is 25.1. The predicted octanol–water partition coefficient (Wildman–Crippen LogP) is 8.22. The Balaban J connectivity index is 4.53. The predicted molar refractivity (Wildman–Crippen MR) is 182 cm³/mol. The standard InChI is InChI=1S/C35H71N2O6P/c1-6-8-10-12-14-16-18-19-21-23-25-27-29-35(39)36-33(32-43-44(40,41)42-31-30-37(3,4)5)34(38)28-26-24-22-20-17-15-13-11-9-7-2/h17,20,33-34,38H,6-16,18-19,21-32H2,1-5H3,(H-,36,39,40,41)/b20-17+/t33-,34+/m0/s1. The zero-order valence-corrected chi connectivity index (χ0v) is 30.3. The largest absolute Gasteiger partial charge is 0.756 e. The van der Waals surface area contributed by atoms with Gasteiger partial charge >= 0.3 is 0 Å². The summed E-state index contributed by atoms with van der Waals surface area (Å²) >= 11 is 0. The van der Waals surface area contributed by atoms with Crippen LogP contribution < -0.4 is 10.2 Å². The van der Waals surface area contributed by atoms with Gasteiger partial charge in [0.1, 0.15) is 13.2 Å². The van der Waals surface area contributed by atoms with E-state index in [0.29, 0.717) is 23.9 Å². The summed E-state index contributed by atoms with van der Waals surface area (Å²) in [6.07, 6.45) is 27.8. The lowest BCUT2D eigenvalue weighted by Crippen LogP contribution is -2.46. The zero-order chi connectivity index (χ0) is 32.9. The van der Waals surface area contributed by atoms with Crippen molar-refractivity contribution in [1.29, 1.82) is 0 Å². The molecule has 0 bridgehead atoms. The minimum atomic E-state index is -4.55. The number of phosphoric ester groups is 1. The van der Waals surface area contributed by atoms with Crippen molar-refractivity contribution in [2.75, 3.05) is 40.9 Å². The molecule has 1 unspecified atom stereocenters. The summed E-state index contributed by atoms with van der Waals surface area (Å²) in [5.74, 6) is -0.178. The number of hydrogen-bond donors (Lipinski definition) is 2. The first-order valence-electron chi connectivity index (χ1n) is 18.0. The molecule has 0 rings (SSSR count). The number of aliphatic hydroxyl groups is 1. The molecule has 0 aliphatic carbocycles. The topological polar surface area (TPSA) is 108 Å². The Hall–Kier alpha value is -0.760. The number of carbonyl (C=O) groups is 1. The quantitative estimate of drug-likeness (QED) is 0.0330. The number of carbonyl (C=O) groups excluding carboxylic acids is 1. The van der Waals surface area contributed by atoms with Crippen LogP contribution in [0, 0.1) is 0 Å². The van der Waals surface area contributed by atoms with Gasteiger partial charge in [0.15, 0.2) is 0 Å². The number of quaternary nitrogens is 1. The van der Waals surface area contributed by atoms with Crippen LogP contribution in [0.3, 0.4) is 0 Å². The van der Waals surface area contributed by atoms with Gasteiger partial charge < -0.3 is 28.8 Å². The summed E-state index contributed by atoms with van der Waals surface area (Å²) in [5, 5.41) is 13.7. The highest BCUT2D eigenvalue weighted by molar-refractivity contribution is 7.45. The Kier molecular flexibility index (Phi) is 28.0. The van der Waals surface area contributed by atoms with Crippen molar-refractivity contribution in [1.82, 2.24) is 5.32 Å². The monoisotopic (exact) mass is 647 g/mol. The van der Waals surface area contributed by atoms with Crippen LogP contribution in [0.5, 0.6) is 0 Å². The van der Waals surface area contributed by atoms with E-state index >= 15 is 0 Å².